The maximum Gasteiger partial charge on any atom is 0.0649 e. The Morgan fingerprint density at radius 2 is 1.38 bits per heavy atom. The summed E-state index contributed by atoms with van der Waals surface area (Å²) in [6.07, 6.45) is 10.1. The van der Waals surface area contributed by atoms with Crippen molar-refractivity contribution in [2.24, 2.45) is 22.7 Å². The van der Waals surface area contributed by atoms with Gasteiger partial charge in [0.15, 0.2) is 0 Å². The van der Waals surface area contributed by atoms with Crippen molar-refractivity contribution < 1.29 is 30.3 Å². The summed E-state index contributed by atoms with van der Waals surface area (Å²) in [5, 5.41) is 23.2. The van der Waals surface area contributed by atoms with Crippen LogP contribution in [0, 0.1) is 28.7 Å². The molecular weight excluding hydrogens is 697 g/mol. The summed E-state index contributed by atoms with van der Waals surface area (Å²) in [5.41, 5.74) is 4.15. The average Bonchev–Trinajstić information content (AvgIpc) is 3.29. The number of hydrogen-bond acceptors (Lipinski definition) is 3. The van der Waals surface area contributed by atoms with E-state index >= 15 is 0 Å². The van der Waals surface area contributed by atoms with Crippen molar-refractivity contribution in [1.82, 2.24) is 9.55 Å². The van der Waals surface area contributed by atoms with E-state index in [2.05, 4.69) is 73.6 Å². The number of para-hydroxylation sites is 2. The molecule has 2 aliphatic carbocycles. The molecule has 5 heteroatoms. The third-order valence-corrected chi connectivity index (χ3v) is 10.5. The molecule has 0 amide bonds. The molecule has 0 spiro atoms. The molecular formula is C37H47IrN2O2-. The zero-order chi connectivity index (χ0) is 29.0. The van der Waals surface area contributed by atoms with Crippen LogP contribution in [0.2, 0.25) is 0 Å². The fourth-order valence-electron chi connectivity index (χ4n) is 7.36. The second-order valence-electron chi connectivity index (χ2n) is 12.9. The second kappa shape index (κ2) is 14.0. The molecule has 42 heavy (non-hydrogen) atoms. The number of benzene rings is 2. The van der Waals surface area contributed by atoms with Crippen LogP contribution >= 0.6 is 0 Å². The second-order valence-corrected chi connectivity index (χ2v) is 12.9. The SMILES string of the molecule is CC[C@@]1(C)CCCC2CCC[C@](C)(CC)C(O)C2C1O.[Ir].[c-]1c(-c2ccccn2)n(-c2ccccc2)c2ccccc12. The van der Waals surface area contributed by atoms with Crippen LogP contribution in [0.25, 0.3) is 28.0 Å². The van der Waals surface area contributed by atoms with E-state index in [1.165, 1.54) is 25.7 Å². The van der Waals surface area contributed by atoms with E-state index < -0.39 is 0 Å². The normalized spacial score (nSPS) is 29.3. The van der Waals surface area contributed by atoms with Gasteiger partial charge in [0.2, 0.25) is 0 Å². The molecule has 1 radical (unpaired) electrons. The molecule has 2 aromatic carbocycles. The van der Waals surface area contributed by atoms with E-state index in [9.17, 15) is 10.2 Å². The van der Waals surface area contributed by atoms with Gasteiger partial charge in [0.25, 0.3) is 0 Å². The molecule has 0 bridgehead atoms. The summed E-state index contributed by atoms with van der Waals surface area (Å²) in [7, 11) is 0. The monoisotopic (exact) mass is 744 g/mol. The molecule has 2 aromatic heterocycles. The van der Waals surface area contributed by atoms with Crippen LogP contribution in [0.3, 0.4) is 0 Å². The Morgan fingerprint density at radius 1 is 0.810 bits per heavy atom. The van der Waals surface area contributed by atoms with Gasteiger partial charge >= 0.3 is 0 Å². The summed E-state index contributed by atoms with van der Waals surface area (Å²) in [5.74, 6) is 0.594. The fraction of sp³-hybridized carbons (Fsp3) is 0.486. The minimum absolute atomic E-state index is 0. The molecule has 0 aliphatic heterocycles. The molecule has 2 heterocycles. The molecule has 4 aromatic rings. The summed E-state index contributed by atoms with van der Waals surface area (Å²) in [6.45, 7) is 8.82. The van der Waals surface area contributed by atoms with E-state index in [-0.39, 0.29) is 49.1 Å². The quantitative estimate of drug-likeness (QED) is 0.206. The fourth-order valence-corrected chi connectivity index (χ4v) is 7.36. The van der Waals surface area contributed by atoms with Crippen molar-refractivity contribution in [3.63, 3.8) is 0 Å². The van der Waals surface area contributed by atoms with Crippen molar-refractivity contribution in [3.8, 4) is 17.1 Å². The summed E-state index contributed by atoms with van der Waals surface area (Å²) >= 11 is 0. The molecule has 2 aliphatic rings. The minimum atomic E-state index is -0.348. The molecule has 6 rings (SSSR count). The number of nitrogens with zero attached hydrogens (tertiary/aromatic N) is 2. The molecule has 2 fully saturated rings. The maximum atomic E-state index is 11.1. The first-order valence-electron chi connectivity index (χ1n) is 15.7. The van der Waals surface area contributed by atoms with Crippen LogP contribution in [-0.2, 0) is 20.1 Å². The minimum Gasteiger partial charge on any atom is -0.392 e. The Kier molecular flexibility index (Phi) is 10.9. The van der Waals surface area contributed by atoms with Crippen molar-refractivity contribution in [3.05, 3.63) is 85.1 Å². The third-order valence-electron chi connectivity index (χ3n) is 10.5. The predicted octanol–water partition coefficient (Wildman–Crippen LogP) is 8.63. The van der Waals surface area contributed by atoms with Gasteiger partial charge in [0, 0.05) is 43.6 Å². The Balaban J connectivity index is 0.000000189. The smallest absolute Gasteiger partial charge is 0.0649 e. The Hall–Kier alpha value is -2.30. The van der Waals surface area contributed by atoms with Gasteiger partial charge < -0.3 is 19.8 Å². The van der Waals surface area contributed by atoms with Crippen LogP contribution in [0.5, 0.6) is 0 Å². The summed E-state index contributed by atoms with van der Waals surface area (Å²) in [6, 6.07) is 28.1. The number of pyridine rings is 1. The Labute approximate surface area is 265 Å². The number of fused-ring (bicyclic) bond motifs is 2. The standard InChI is InChI=1S/C19H13N2.C18H34O2.Ir/c1-2-9-16(10-3-1)21-18-12-5-4-8-15(18)14-19(21)17-11-6-7-13-20-17;1-5-17(3)11-7-9-13-10-8-12-18(4,6-2)16(20)14(13)15(17)19;/h1-13H;13-16,19-20H,5-12H2,1-4H3;/q-1;;/t;13?,14?,15?,16?,17-,18-;/m.0./s1. The number of rotatable bonds is 4. The van der Waals surface area contributed by atoms with E-state index in [1.807, 2.05) is 48.7 Å². The third kappa shape index (κ3) is 6.45. The summed E-state index contributed by atoms with van der Waals surface area (Å²) < 4.78 is 2.21. The van der Waals surface area contributed by atoms with E-state index in [0.29, 0.717) is 5.92 Å². The van der Waals surface area contributed by atoms with Gasteiger partial charge in [-0.05, 0) is 84.7 Å². The predicted molar refractivity (Wildman–Crippen MR) is 169 cm³/mol. The van der Waals surface area contributed by atoms with Gasteiger partial charge in [-0.2, -0.15) is 0 Å². The molecule has 4 nitrogen and oxygen atoms in total. The van der Waals surface area contributed by atoms with Gasteiger partial charge in [-0.3, -0.25) is 0 Å². The first-order chi connectivity index (χ1) is 19.8. The van der Waals surface area contributed by atoms with Crippen molar-refractivity contribution in [2.75, 3.05) is 0 Å². The Morgan fingerprint density at radius 3 is 1.95 bits per heavy atom. The maximum absolute atomic E-state index is 11.1. The first-order valence-corrected chi connectivity index (χ1v) is 15.7. The average molecular weight is 744 g/mol. The molecule has 2 unspecified atom stereocenters. The van der Waals surface area contributed by atoms with Gasteiger partial charge in [0.05, 0.1) is 12.2 Å². The van der Waals surface area contributed by atoms with E-state index in [4.69, 9.17) is 0 Å². The van der Waals surface area contributed by atoms with Gasteiger partial charge in [-0.25, -0.2) is 0 Å². The zero-order valence-electron chi connectivity index (χ0n) is 25.6. The van der Waals surface area contributed by atoms with Gasteiger partial charge in [-0.15, -0.1) is 23.6 Å². The molecule has 2 N–H and O–H groups in total. The Bertz CT molecular complexity index is 1380. The number of aliphatic hydroxyl groups is 2. The number of hydrogen-bond donors (Lipinski definition) is 2. The number of aliphatic hydroxyl groups excluding tert-OH is 2. The molecule has 4 atom stereocenters. The van der Waals surface area contributed by atoms with Gasteiger partial charge in [0.1, 0.15) is 0 Å². The van der Waals surface area contributed by atoms with Crippen LogP contribution in [0.4, 0.5) is 0 Å². The topological polar surface area (TPSA) is 58.3 Å². The van der Waals surface area contributed by atoms with Crippen LogP contribution in [0.1, 0.15) is 79.1 Å². The first kappa shape index (κ1) is 32.6. The van der Waals surface area contributed by atoms with E-state index in [0.717, 1.165) is 53.7 Å². The van der Waals surface area contributed by atoms with Crippen molar-refractivity contribution in [2.45, 2.75) is 91.3 Å². The van der Waals surface area contributed by atoms with Crippen molar-refractivity contribution in [1.29, 1.82) is 0 Å². The van der Waals surface area contributed by atoms with E-state index in [1.54, 1.807) is 0 Å². The van der Waals surface area contributed by atoms with Crippen LogP contribution in [0.15, 0.2) is 79.0 Å². The molecule has 227 valence electrons. The van der Waals surface area contributed by atoms with Crippen LogP contribution < -0.4 is 0 Å². The van der Waals surface area contributed by atoms with Crippen LogP contribution in [-0.4, -0.2) is 32.0 Å². The summed E-state index contributed by atoms with van der Waals surface area (Å²) in [4.78, 5) is 4.48. The van der Waals surface area contributed by atoms with Gasteiger partial charge in [-0.1, -0.05) is 83.0 Å². The largest absolute Gasteiger partial charge is 0.392 e. The van der Waals surface area contributed by atoms with Crippen molar-refractivity contribution >= 4 is 10.9 Å². The zero-order valence-corrected chi connectivity index (χ0v) is 28.0. The number of aromatic nitrogens is 2. The molecule has 2 saturated carbocycles. The molecule has 0 saturated heterocycles.